The molecule has 1 N–H and O–H groups in total. The molecule has 32 heavy (non-hydrogen) atoms. The van der Waals surface area contributed by atoms with Crippen LogP contribution in [-0.2, 0) is 14.8 Å². The van der Waals surface area contributed by atoms with E-state index < -0.39 is 28.3 Å². The van der Waals surface area contributed by atoms with Crippen molar-refractivity contribution in [3.8, 4) is 5.69 Å². The van der Waals surface area contributed by atoms with Crippen molar-refractivity contribution in [2.45, 2.75) is 20.8 Å². The van der Waals surface area contributed by atoms with Gasteiger partial charge in [-0.2, -0.15) is 5.10 Å². The van der Waals surface area contributed by atoms with Crippen LogP contribution >= 0.6 is 0 Å². The molecule has 0 aliphatic carbocycles. The van der Waals surface area contributed by atoms with E-state index in [4.69, 9.17) is 0 Å². The molecule has 168 valence electrons. The fourth-order valence-electron chi connectivity index (χ4n) is 3.46. The highest BCUT2D eigenvalue weighted by atomic mass is 32.2. The molecule has 0 spiro atoms. The van der Waals surface area contributed by atoms with Crippen molar-refractivity contribution >= 4 is 27.8 Å². The average molecular weight is 457 g/mol. The van der Waals surface area contributed by atoms with Crippen LogP contribution in [0.3, 0.4) is 0 Å². The van der Waals surface area contributed by atoms with E-state index in [2.05, 4.69) is 21.2 Å². The molecule has 1 amide bonds. The summed E-state index contributed by atoms with van der Waals surface area (Å²) in [6.45, 7) is 5.35. The van der Waals surface area contributed by atoms with Gasteiger partial charge in [-0.05, 0) is 56.7 Å². The van der Waals surface area contributed by atoms with Gasteiger partial charge in [0.15, 0.2) is 0 Å². The van der Waals surface area contributed by atoms with Crippen molar-refractivity contribution in [3.63, 3.8) is 0 Å². The Morgan fingerprint density at radius 1 is 1.12 bits per heavy atom. The van der Waals surface area contributed by atoms with Crippen LogP contribution < -0.4 is 9.73 Å². The van der Waals surface area contributed by atoms with Crippen LogP contribution in [0.5, 0.6) is 0 Å². The summed E-state index contributed by atoms with van der Waals surface area (Å²) >= 11 is 0. The zero-order valence-corrected chi connectivity index (χ0v) is 19.1. The SMILES string of the molecule is Cc1cccc(-n2c(C)cc(/C=N\NC(=O)CN(c3ccccc3F)S(C)(=O)=O)c2C)c1. The van der Waals surface area contributed by atoms with Crippen molar-refractivity contribution in [3.05, 3.63) is 82.9 Å². The summed E-state index contributed by atoms with van der Waals surface area (Å²) in [4.78, 5) is 12.3. The summed E-state index contributed by atoms with van der Waals surface area (Å²) in [6, 6.07) is 15.4. The maximum Gasteiger partial charge on any atom is 0.260 e. The predicted octanol–water partition coefficient (Wildman–Crippen LogP) is 3.46. The summed E-state index contributed by atoms with van der Waals surface area (Å²) < 4.78 is 41.1. The minimum absolute atomic E-state index is 0.198. The zero-order valence-electron chi connectivity index (χ0n) is 18.3. The number of hydrogen-bond donors (Lipinski definition) is 1. The van der Waals surface area contributed by atoms with E-state index >= 15 is 0 Å². The minimum atomic E-state index is -3.88. The Labute approximate surface area is 187 Å². The lowest BCUT2D eigenvalue weighted by atomic mass is 10.2. The van der Waals surface area contributed by atoms with Gasteiger partial charge in [0.2, 0.25) is 10.0 Å². The Hall–Kier alpha value is -3.46. The number of rotatable bonds is 7. The van der Waals surface area contributed by atoms with Crippen LogP contribution in [0.4, 0.5) is 10.1 Å². The quantitative estimate of drug-likeness (QED) is 0.437. The molecule has 0 fully saturated rings. The Balaban J connectivity index is 1.75. The number of halogens is 1. The largest absolute Gasteiger partial charge is 0.318 e. The first-order valence-corrected chi connectivity index (χ1v) is 11.7. The van der Waals surface area contributed by atoms with E-state index in [1.165, 1.54) is 24.4 Å². The number of aryl methyl sites for hydroxylation is 2. The lowest BCUT2D eigenvalue weighted by Crippen LogP contribution is -2.39. The maximum atomic E-state index is 14.1. The van der Waals surface area contributed by atoms with E-state index in [1.54, 1.807) is 0 Å². The molecule has 7 nitrogen and oxygen atoms in total. The molecule has 3 aromatic rings. The van der Waals surface area contributed by atoms with Crippen molar-refractivity contribution < 1.29 is 17.6 Å². The fraction of sp³-hybridized carbons (Fsp3) is 0.217. The van der Waals surface area contributed by atoms with Crippen molar-refractivity contribution in [2.24, 2.45) is 5.10 Å². The molecule has 1 aromatic heterocycles. The van der Waals surface area contributed by atoms with Gasteiger partial charge >= 0.3 is 0 Å². The highest BCUT2D eigenvalue weighted by Gasteiger charge is 2.23. The molecule has 2 aromatic carbocycles. The van der Waals surface area contributed by atoms with E-state index in [1.807, 2.05) is 45.0 Å². The lowest BCUT2D eigenvalue weighted by molar-refractivity contribution is -0.119. The fourth-order valence-corrected chi connectivity index (χ4v) is 4.31. The van der Waals surface area contributed by atoms with Crippen LogP contribution in [0.1, 0.15) is 22.5 Å². The first-order chi connectivity index (χ1) is 15.1. The number of aromatic nitrogens is 1. The topological polar surface area (TPSA) is 83.8 Å². The first-order valence-electron chi connectivity index (χ1n) is 9.88. The van der Waals surface area contributed by atoms with Crippen molar-refractivity contribution in [1.29, 1.82) is 0 Å². The number of amides is 1. The number of nitrogens with zero attached hydrogens (tertiary/aromatic N) is 3. The Kier molecular flexibility index (Phi) is 6.78. The van der Waals surface area contributed by atoms with E-state index in [9.17, 15) is 17.6 Å². The molecule has 1 heterocycles. The smallest absolute Gasteiger partial charge is 0.260 e. The van der Waals surface area contributed by atoms with Gasteiger partial charge in [0.1, 0.15) is 12.4 Å². The molecule has 3 rings (SSSR count). The van der Waals surface area contributed by atoms with Gasteiger partial charge in [0.05, 0.1) is 18.2 Å². The van der Waals surface area contributed by atoms with Crippen molar-refractivity contribution in [2.75, 3.05) is 17.1 Å². The lowest BCUT2D eigenvalue weighted by Gasteiger charge is -2.21. The molecule has 0 aliphatic rings. The second kappa shape index (κ2) is 9.35. The first kappa shape index (κ1) is 23.2. The monoisotopic (exact) mass is 456 g/mol. The Bertz CT molecular complexity index is 1280. The van der Waals surface area contributed by atoms with Crippen LogP contribution in [0.15, 0.2) is 59.7 Å². The zero-order chi connectivity index (χ0) is 23.5. The van der Waals surface area contributed by atoms with Crippen LogP contribution in [0.25, 0.3) is 5.69 Å². The van der Waals surface area contributed by atoms with E-state index in [0.717, 1.165) is 40.5 Å². The number of hydrazone groups is 1. The number of nitrogens with one attached hydrogen (secondary N) is 1. The number of sulfonamides is 1. The summed E-state index contributed by atoms with van der Waals surface area (Å²) in [5.41, 5.74) is 7.04. The molecular weight excluding hydrogens is 431 g/mol. The van der Waals surface area contributed by atoms with Crippen LogP contribution in [-0.4, -0.2) is 37.9 Å². The number of hydrogen-bond acceptors (Lipinski definition) is 4. The van der Waals surface area contributed by atoms with Gasteiger partial charge in [-0.3, -0.25) is 9.10 Å². The minimum Gasteiger partial charge on any atom is -0.318 e. The number of benzene rings is 2. The highest BCUT2D eigenvalue weighted by Crippen LogP contribution is 2.22. The van der Waals surface area contributed by atoms with Crippen LogP contribution in [0, 0.1) is 26.6 Å². The summed E-state index contributed by atoms with van der Waals surface area (Å²) in [5, 5.41) is 3.97. The predicted molar refractivity (Wildman–Crippen MR) is 124 cm³/mol. The van der Waals surface area contributed by atoms with Gasteiger partial charge in [0, 0.05) is 22.6 Å². The standard InChI is InChI=1S/C23H25FN4O3S/c1-16-8-7-9-20(12-16)28-17(2)13-19(18(28)3)14-25-26-23(29)15-27(32(4,30)31)22-11-6-5-10-21(22)24/h5-14H,15H2,1-4H3,(H,26,29)/b25-14-. The highest BCUT2D eigenvalue weighted by molar-refractivity contribution is 7.92. The van der Waals surface area contributed by atoms with Gasteiger partial charge in [0.25, 0.3) is 5.91 Å². The molecule has 0 atom stereocenters. The summed E-state index contributed by atoms with van der Waals surface area (Å²) in [7, 11) is -3.88. The number of anilines is 1. The molecule has 0 saturated heterocycles. The van der Waals surface area contributed by atoms with Gasteiger partial charge in [-0.1, -0.05) is 24.3 Å². The third-order valence-electron chi connectivity index (χ3n) is 4.93. The summed E-state index contributed by atoms with van der Waals surface area (Å²) in [5.74, 6) is -1.43. The molecule has 0 bridgehead atoms. The third-order valence-corrected chi connectivity index (χ3v) is 6.06. The molecule has 0 radical (unpaired) electrons. The third kappa shape index (κ3) is 5.23. The molecule has 0 saturated carbocycles. The molecule has 9 heteroatoms. The maximum absolute atomic E-state index is 14.1. The Morgan fingerprint density at radius 3 is 2.50 bits per heavy atom. The normalized spacial score (nSPS) is 11.7. The second-order valence-electron chi connectivity index (χ2n) is 7.52. The average Bonchev–Trinajstić information content (AvgIpc) is 2.99. The number of carbonyl (C=O) groups is 1. The Morgan fingerprint density at radius 2 is 1.84 bits per heavy atom. The van der Waals surface area contributed by atoms with Crippen LogP contribution in [0.2, 0.25) is 0 Å². The molecular formula is C23H25FN4O3S. The van der Waals surface area contributed by atoms with Gasteiger partial charge < -0.3 is 4.57 Å². The molecule has 0 aliphatic heterocycles. The van der Waals surface area contributed by atoms with Crippen molar-refractivity contribution in [1.82, 2.24) is 9.99 Å². The second-order valence-corrected chi connectivity index (χ2v) is 9.42. The van der Waals surface area contributed by atoms with Gasteiger partial charge in [-0.15, -0.1) is 0 Å². The van der Waals surface area contributed by atoms with E-state index in [-0.39, 0.29) is 5.69 Å². The van der Waals surface area contributed by atoms with Gasteiger partial charge in [-0.25, -0.2) is 18.2 Å². The summed E-state index contributed by atoms with van der Waals surface area (Å²) in [6.07, 6.45) is 2.41. The number of carbonyl (C=O) groups excluding carboxylic acids is 1. The number of para-hydroxylation sites is 1. The molecule has 0 unspecified atom stereocenters. The van der Waals surface area contributed by atoms with E-state index in [0.29, 0.717) is 4.31 Å².